The summed E-state index contributed by atoms with van der Waals surface area (Å²) < 4.78 is 18.4. The summed E-state index contributed by atoms with van der Waals surface area (Å²) in [5, 5.41) is 10.4. The van der Waals surface area contributed by atoms with Crippen molar-refractivity contribution in [3.63, 3.8) is 0 Å². The topological polar surface area (TPSA) is 29.5 Å². The smallest absolute Gasteiger partial charge is 0.165 e. The van der Waals surface area contributed by atoms with Crippen LogP contribution in [-0.4, -0.2) is 17.8 Å². The van der Waals surface area contributed by atoms with Crippen molar-refractivity contribution in [2.24, 2.45) is 5.41 Å². The predicted octanol–water partition coefficient (Wildman–Crippen LogP) is 3.17. The Morgan fingerprint density at radius 3 is 2.24 bits per heavy atom. The monoisotopic (exact) mass is 240 g/mol. The van der Waals surface area contributed by atoms with Crippen molar-refractivity contribution >= 4 is 0 Å². The number of benzene rings is 1. The quantitative estimate of drug-likeness (QED) is 0.879. The molecule has 0 saturated carbocycles. The van der Waals surface area contributed by atoms with Gasteiger partial charge < -0.3 is 9.84 Å². The minimum absolute atomic E-state index is 0.226. The third-order valence-electron chi connectivity index (χ3n) is 3.38. The van der Waals surface area contributed by atoms with E-state index in [2.05, 4.69) is 0 Å². The zero-order valence-corrected chi connectivity index (χ0v) is 11.2. The fraction of sp³-hybridized carbons (Fsp3) is 0.571. The highest BCUT2D eigenvalue weighted by Crippen LogP contribution is 2.33. The van der Waals surface area contributed by atoms with Crippen molar-refractivity contribution in [2.45, 2.75) is 39.7 Å². The summed E-state index contributed by atoms with van der Waals surface area (Å²) in [5.74, 6) is -0.168. The SMILES string of the molecule is COc1ccc(CC(C)(O)C(C)(C)C)cc1F. The van der Waals surface area contributed by atoms with Crippen molar-refractivity contribution in [1.29, 1.82) is 0 Å². The van der Waals surface area contributed by atoms with Crippen LogP contribution in [0.1, 0.15) is 33.3 Å². The Balaban J connectivity index is 2.93. The molecule has 1 N–H and O–H groups in total. The summed E-state index contributed by atoms with van der Waals surface area (Å²) in [6.45, 7) is 7.67. The number of aliphatic hydroxyl groups is 1. The van der Waals surface area contributed by atoms with Gasteiger partial charge in [-0.2, -0.15) is 0 Å². The molecule has 0 radical (unpaired) electrons. The molecule has 96 valence electrons. The molecule has 1 unspecified atom stereocenters. The van der Waals surface area contributed by atoms with Crippen LogP contribution in [0.15, 0.2) is 18.2 Å². The Labute approximate surface area is 102 Å². The van der Waals surface area contributed by atoms with Crippen LogP contribution >= 0.6 is 0 Å². The van der Waals surface area contributed by atoms with Gasteiger partial charge in [0.15, 0.2) is 11.6 Å². The molecule has 0 spiro atoms. The molecule has 1 atom stereocenters. The van der Waals surface area contributed by atoms with Crippen molar-refractivity contribution in [3.05, 3.63) is 29.6 Å². The standard InChI is InChI=1S/C14H21FO2/c1-13(2,3)14(4,16)9-10-6-7-12(17-5)11(15)8-10/h6-8,16H,9H2,1-5H3. The van der Waals surface area contributed by atoms with E-state index in [-0.39, 0.29) is 11.2 Å². The minimum atomic E-state index is -0.881. The largest absolute Gasteiger partial charge is 0.494 e. The van der Waals surface area contributed by atoms with Gasteiger partial charge in [-0.25, -0.2) is 4.39 Å². The third-order valence-corrected chi connectivity index (χ3v) is 3.38. The van der Waals surface area contributed by atoms with Gasteiger partial charge in [0.25, 0.3) is 0 Å². The lowest BCUT2D eigenvalue weighted by Gasteiger charge is -2.37. The van der Waals surface area contributed by atoms with Crippen LogP contribution in [0.5, 0.6) is 5.75 Å². The number of rotatable bonds is 3. The molecule has 1 aromatic carbocycles. The summed E-state index contributed by atoms with van der Waals surface area (Å²) in [4.78, 5) is 0. The summed E-state index contributed by atoms with van der Waals surface area (Å²) in [5.41, 5.74) is -0.375. The normalized spacial score (nSPS) is 15.5. The molecule has 0 aliphatic rings. The minimum Gasteiger partial charge on any atom is -0.494 e. The number of ether oxygens (including phenoxy) is 1. The summed E-state index contributed by atoms with van der Waals surface area (Å²) >= 11 is 0. The summed E-state index contributed by atoms with van der Waals surface area (Å²) in [7, 11) is 1.43. The Morgan fingerprint density at radius 1 is 1.24 bits per heavy atom. The molecule has 0 fully saturated rings. The van der Waals surface area contributed by atoms with Gasteiger partial charge in [-0.15, -0.1) is 0 Å². The van der Waals surface area contributed by atoms with E-state index in [9.17, 15) is 9.50 Å². The van der Waals surface area contributed by atoms with Crippen molar-refractivity contribution in [3.8, 4) is 5.75 Å². The molecule has 1 aromatic rings. The van der Waals surface area contributed by atoms with Gasteiger partial charge in [-0.3, -0.25) is 0 Å². The summed E-state index contributed by atoms with van der Waals surface area (Å²) in [6, 6.07) is 4.78. The molecule has 0 aliphatic carbocycles. The second-order valence-electron chi connectivity index (χ2n) is 5.67. The van der Waals surface area contributed by atoms with Gasteiger partial charge in [-0.05, 0) is 30.0 Å². The second kappa shape index (κ2) is 4.65. The van der Waals surface area contributed by atoms with E-state index in [4.69, 9.17) is 4.74 Å². The molecule has 0 aromatic heterocycles. The van der Waals surface area contributed by atoms with E-state index in [1.54, 1.807) is 19.1 Å². The van der Waals surface area contributed by atoms with Crippen LogP contribution < -0.4 is 4.74 Å². The van der Waals surface area contributed by atoms with Crippen LogP contribution in [0.25, 0.3) is 0 Å². The van der Waals surface area contributed by atoms with Gasteiger partial charge in [-0.1, -0.05) is 26.8 Å². The molecular weight excluding hydrogens is 219 g/mol. The maximum Gasteiger partial charge on any atom is 0.165 e. The lowest BCUT2D eigenvalue weighted by molar-refractivity contribution is -0.0406. The first-order valence-corrected chi connectivity index (χ1v) is 5.72. The van der Waals surface area contributed by atoms with Crippen LogP contribution in [0, 0.1) is 11.2 Å². The van der Waals surface area contributed by atoms with Gasteiger partial charge in [0.2, 0.25) is 0 Å². The fourth-order valence-corrected chi connectivity index (χ4v) is 1.48. The van der Waals surface area contributed by atoms with Crippen molar-refractivity contribution in [2.75, 3.05) is 7.11 Å². The lowest BCUT2D eigenvalue weighted by atomic mass is 9.74. The first-order chi connectivity index (χ1) is 7.67. The Bertz CT molecular complexity index is 392. The van der Waals surface area contributed by atoms with Crippen molar-refractivity contribution < 1.29 is 14.2 Å². The Morgan fingerprint density at radius 2 is 1.82 bits per heavy atom. The average molecular weight is 240 g/mol. The first kappa shape index (κ1) is 14.0. The van der Waals surface area contributed by atoms with Crippen LogP contribution in [0.4, 0.5) is 4.39 Å². The van der Waals surface area contributed by atoms with Crippen LogP contribution in [0.3, 0.4) is 0 Å². The van der Waals surface area contributed by atoms with Gasteiger partial charge >= 0.3 is 0 Å². The second-order valence-corrected chi connectivity index (χ2v) is 5.67. The molecule has 3 heteroatoms. The number of hydrogen-bond acceptors (Lipinski definition) is 2. The number of hydrogen-bond donors (Lipinski definition) is 1. The van der Waals surface area contributed by atoms with E-state index in [1.807, 2.05) is 20.8 Å². The lowest BCUT2D eigenvalue weighted by Crippen LogP contribution is -2.41. The van der Waals surface area contributed by atoms with Gasteiger partial charge in [0.05, 0.1) is 12.7 Å². The Kier molecular flexibility index (Phi) is 3.82. The molecular formula is C14H21FO2. The number of halogens is 1. The average Bonchev–Trinajstić information content (AvgIpc) is 2.15. The zero-order chi connectivity index (χ0) is 13.3. The summed E-state index contributed by atoms with van der Waals surface area (Å²) in [6.07, 6.45) is 0.414. The highest BCUT2D eigenvalue weighted by Gasteiger charge is 2.35. The van der Waals surface area contributed by atoms with E-state index >= 15 is 0 Å². The van der Waals surface area contributed by atoms with Gasteiger partial charge in [0, 0.05) is 6.42 Å². The van der Waals surface area contributed by atoms with E-state index < -0.39 is 11.4 Å². The van der Waals surface area contributed by atoms with E-state index in [1.165, 1.54) is 13.2 Å². The Hall–Kier alpha value is -1.09. The molecule has 0 heterocycles. The van der Waals surface area contributed by atoms with Gasteiger partial charge in [0.1, 0.15) is 0 Å². The van der Waals surface area contributed by atoms with Crippen LogP contribution in [0.2, 0.25) is 0 Å². The maximum atomic E-state index is 13.5. The van der Waals surface area contributed by atoms with E-state index in [0.717, 1.165) is 5.56 Å². The van der Waals surface area contributed by atoms with E-state index in [0.29, 0.717) is 6.42 Å². The fourth-order valence-electron chi connectivity index (χ4n) is 1.48. The molecule has 0 bridgehead atoms. The molecule has 2 nitrogen and oxygen atoms in total. The molecule has 0 amide bonds. The van der Waals surface area contributed by atoms with Crippen molar-refractivity contribution in [1.82, 2.24) is 0 Å². The predicted molar refractivity (Wildman–Crippen MR) is 66.7 cm³/mol. The maximum absolute atomic E-state index is 13.5. The highest BCUT2D eigenvalue weighted by atomic mass is 19.1. The third kappa shape index (κ3) is 3.19. The highest BCUT2D eigenvalue weighted by molar-refractivity contribution is 5.30. The number of methoxy groups -OCH3 is 1. The molecule has 0 saturated heterocycles. The molecule has 0 aliphatic heterocycles. The van der Waals surface area contributed by atoms with Crippen LogP contribution in [-0.2, 0) is 6.42 Å². The zero-order valence-electron chi connectivity index (χ0n) is 11.2. The first-order valence-electron chi connectivity index (χ1n) is 5.72. The molecule has 1 rings (SSSR count). The molecule has 17 heavy (non-hydrogen) atoms.